The Labute approximate surface area is 139 Å². The first-order valence-corrected chi connectivity index (χ1v) is 8.59. The molecule has 2 saturated heterocycles. The molecule has 2 rings (SSSR count). The Kier molecular flexibility index (Phi) is 8.55. The van der Waals surface area contributed by atoms with Gasteiger partial charge in [-0.1, -0.05) is 15.9 Å². The maximum absolute atomic E-state index is 11.2. The summed E-state index contributed by atoms with van der Waals surface area (Å²) in [6, 6.07) is 0. The van der Waals surface area contributed by atoms with E-state index >= 15 is 0 Å². The third kappa shape index (κ3) is 6.39. The molecule has 2 N–H and O–H groups in total. The molecule has 8 heteroatoms. The lowest BCUT2D eigenvalue weighted by Crippen LogP contribution is -2.47. The molecule has 2 aliphatic rings. The van der Waals surface area contributed by atoms with E-state index in [1.54, 1.807) is 6.92 Å². The van der Waals surface area contributed by atoms with Gasteiger partial charge in [0.2, 0.25) is 0 Å². The third-order valence-electron chi connectivity index (χ3n) is 3.65. The summed E-state index contributed by atoms with van der Waals surface area (Å²) in [5.41, 5.74) is 0. The van der Waals surface area contributed by atoms with Crippen molar-refractivity contribution in [3.05, 3.63) is 0 Å². The van der Waals surface area contributed by atoms with Gasteiger partial charge in [-0.05, 0) is 32.6 Å². The Bertz CT molecular complexity index is 363. The number of nitrogens with zero attached hydrogens (tertiary/aromatic N) is 2. The van der Waals surface area contributed by atoms with Crippen LogP contribution < -0.4 is 0 Å². The Morgan fingerprint density at radius 3 is 2.27 bits per heavy atom. The average molecular weight is 381 g/mol. The number of hydrogen-bond donors (Lipinski definition) is 2. The zero-order valence-corrected chi connectivity index (χ0v) is 14.5. The van der Waals surface area contributed by atoms with E-state index < -0.39 is 12.2 Å². The lowest BCUT2D eigenvalue weighted by molar-refractivity contribution is 0.0556. The molecule has 128 valence electrons. The molecule has 2 unspecified atom stereocenters. The van der Waals surface area contributed by atoms with Crippen LogP contribution in [0.15, 0.2) is 0 Å². The molecule has 22 heavy (non-hydrogen) atoms. The number of β-amino-alcohol motifs (C(OH)–C–C–N with tert-alkyl or cyclic N) is 1. The lowest BCUT2D eigenvalue weighted by Gasteiger charge is -2.32. The number of hydrogen-bond acceptors (Lipinski definition) is 4. The Hall–Kier alpha value is -1.02. The van der Waals surface area contributed by atoms with Crippen LogP contribution in [0.5, 0.6) is 0 Å². The summed E-state index contributed by atoms with van der Waals surface area (Å²) in [6.45, 7) is 4.61. The van der Waals surface area contributed by atoms with E-state index in [-0.39, 0.29) is 10.9 Å². The molecule has 2 atom stereocenters. The van der Waals surface area contributed by atoms with Crippen LogP contribution in [0.1, 0.15) is 32.6 Å². The first-order chi connectivity index (χ1) is 10.5. The van der Waals surface area contributed by atoms with Crippen molar-refractivity contribution >= 4 is 28.1 Å². The maximum atomic E-state index is 11.2. The van der Waals surface area contributed by atoms with Crippen LogP contribution in [0.4, 0.5) is 9.59 Å². The van der Waals surface area contributed by atoms with Crippen molar-refractivity contribution in [3.63, 3.8) is 0 Å². The number of likely N-dealkylation sites (tertiary alicyclic amines) is 2. The number of carbonyl (C=O) groups excluding carboxylic acids is 1. The van der Waals surface area contributed by atoms with Gasteiger partial charge >= 0.3 is 12.2 Å². The second kappa shape index (κ2) is 9.89. The summed E-state index contributed by atoms with van der Waals surface area (Å²) in [6.07, 6.45) is 2.43. The predicted molar refractivity (Wildman–Crippen MR) is 85.4 cm³/mol. The normalized spacial score (nSPS) is 25.0. The van der Waals surface area contributed by atoms with Gasteiger partial charge in [-0.2, -0.15) is 0 Å². The Morgan fingerprint density at radius 2 is 1.82 bits per heavy atom. The van der Waals surface area contributed by atoms with Gasteiger partial charge < -0.3 is 24.7 Å². The van der Waals surface area contributed by atoms with Crippen molar-refractivity contribution in [2.45, 2.75) is 43.5 Å². The number of carboxylic acid groups (broad SMARTS) is 1. The minimum Gasteiger partial charge on any atom is -0.465 e. The van der Waals surface area contributed by atoms with Crippen LogP contribution in [0.25, 0.3) is 0 Å². The molecule has 0 aliphatic carbocycles. The van der Waals surface area contributed by atoms with E-state index in [4.69, 9.17) is 9.84 Å². The number of carbonyl (C=O) groups is 2. The predicted octanol–water partition coefficient (Wildman–Crippen LogP) is 2.12. The molecule has 0 aromatic carbocycles. The van der Waals surface area contributed by atoms with Gasteiger partial charge in [0.05, 0.1) is 19.3 Å². The molecular formula is C14H25BrN2O5. The summed E-state index contributed by atoms with van der Waals surface area (Å²) >= 11 is 3.34. The fourth-order valence-corrected chi connectivity index (χ4v) is 2.74. The van der Waals surface area contributed by atoms with Gasteiger partial charge in [0.25, 0.3) is 0 Å². The monoisotopic (exact) mass is 380 g/mol. The molecule has 7 nitrogen and oxygen atoms in total. The van der Waals surface area contributed by atoms with Crippen LogP contribution in [-0.2, 0) is 4.74 Å². The topological polar surface area (TPSA) is 90.3 Å². The quantitative estimate of drug-likeness (QED) is 0.679. The minimum atomic E-state index is -0.769. The molecule has 2 fully saturated rings. The summed E-state index contributed by atoms with van der Waals surface area (Å²) in [7, 11) is 0. The van der Waals surface area contributed by atoms with Gasteiger partial charge in [-0.25, -0.2) is 9.59 Å². The fraction of sp³-hybridized carbons (Fsp3) is 0.857. The minimum absolute atomic E-state index is 0.0955. The highest BCUT2D eigenvalue weighted by molar-refractivity contribution is 9.09. The van der Waals surface area contributed by atoms with Crippen LogP contribution >= 0.6 is 15.9 Å². The number of alkyl halides is 1. The van der Waals surface area contributed by atoms with Crippen LogP contribution in [0, 0.1) is 0 Å². The second-order valence-electron chi connectivity index (χ2n) is 5.35. The number of amides is 2. The molecule has 0 aromatic rings. The fourth-order valence-electron chi connectivity index (χ4n) is 2.37. The summed E-state index contributed by atoms with van der Waals surface area (Å²) < 4.78 is 4.83. The number of halogens is 1. The van der Waals surface area contributed by atoms with Gasteiger partial charge in [-0.15, -0.1) is 0 Å². The molecule has 0 spiro atoms. The van der Waals surface area contributed by atoms with E-state index in [0.717, 1.165) is 32.4 Å². The smallest absolute Gasteiger partial charge is 0.409 e. The highest BCUT2D eigenvalue weighted by Crippen LogP contribution is 2.18. The van der Waals surface area contributed by atoms with Crippen LogP contribution in [-0.4, -0.2) is 75.9 Å². The SMILES string of the molecule is CCOC(=O)N1CCC(Br)C(O)C1.O=C(O)N1CCCCC1. The molecule has 0 bridgehead atoms. The summed E-state index contributed by atoms with van der Waals surface area (Å²) in [4.78, 5) is 24.6. The summed E-state index contributed by atoms with van der Waals surface area (Å²) in [5.74, 6) is 0. The highest BCUT2D eigenvalue weighted by Gasteiger charge is 2.28. The maximum Gasteiger partial charge on any atom is 0.409 e. The standard InChI is InChI=1S/C8H14BrNO3.C6H11NO2/c1-2-13-8(12)10-4-3-6(9)7(11)5-10;8-6(9)7-4-2-1-3-5-7/h6-7,11H,2-5H2,1H3;1-5H2,(H,8,9). The summed E-state index contributed by atoms with van der Waals surface area (Å²) in [5, 5.41) is 17.9. The molecule has 2 aliphatic heterocycles. The first-order valence-electron chi connectivity index (χ1n) is 7.67. The van der Waals surface area contributed by atoms with Crippen molar-refractivity contribution in [2.24, 2.45) is 0 Å². The van der Waals surface area contributed by atoms with Gasteiger partial charge in [0, 0.05) is 24.5 Å². The number of aliphatic hydroxyl groups is 1. The zero-order valence-electron chi connectivity index (χ0n) is 12.9. The zero-order chi connectivity index (χ0) is 16.5. The van der Waals surface area contributed by atoms with Crippen molar-refractivity contribution < 1.29 is 24.5 Å². The largest absolute Gasteiger partial charge is 0.465 e. The van der Waals surface area contributed by atoms with Gasteiger partial charge in [0.15, 0.2) is 0 Å². The van der Waals surface area contributed by atoms with Crippen LogP contribution in [0.2, 0.25) is 0 Å². The lowest BCUT2D eigenvalue weighted by atomic mass is 10.1. The van der Waals surface area contributed by atoms with E-state index in [2.05, 4.69) is 15.9 Å². The Balaban J connectivity index is 0.000000235. The molecule has 2 amide bonds. The van der Waals surface area contributed by atoms with Crippen LogP contribution in [0.3, 0.4) is 0 Å². The third-order valence-corrected chi connectivity index (χ3v) is 4.72. The number of piperidine rings is 2. The number of ether oxygens (including phenoxy) is 1. The second-order valence-corrected chi connectivity index (χ2v) is 6.52. The molecule has 0 radical (unpaired) electrons. The van der Waals surface area contributed by atoms with Crippen molar-refractivity contribution in [3.8, 4) is 0 Å². The van der Waals surface area contributed by atoms with Crippen molar-refractivity contribution in [1.29, 1.82) is 0 Å². The number of rotatable bonds is 1. The molecule has 2 heterocycles. The molecular weight excluding hydrogens is 356 g/mol. The van der Waals surface area contributed by atoms with E-state index in [1.165, 1.54) is 16.2 Å². The molecule has 0 saturated carbocycles. The van der Waals surface area contributed by atoms with E-state index in [1.807, 2.05) is 0 Å². The van der Waals surface area contributed by atoms with E-state index in [0.29, 0.717) is 19.7 Å². The average Bonchev–Trinajstić information content (AvgIpc) is 2.51. The first kappa shape index (κ1) is 19.0. The van der Waals surface area contributed by atoms with Crippen molar-refractivity contribution in [2.75, 3.05) is 32.8 Å². The number of aliphatic hydroxyl groups excluding tert-OH is 1. The highest BCUT2D eigenvalue weighted by atomic mass is 79.9. The van der Waals surface area contributed by atoms with Crippen molar-refractivity contribution in [1.82, 2.24) is 9.80 Å². The van der Waals surface area contributed by atoms with Gasteiger partial charge in [-0.3, -0.25) is 0 Å². The molecule has 0 aromatic heterocycles. The van der Waals surface area contributed by atoms with E-state index in [9.17, 15) is 14.7 Å². The van der Waals surface area contributed by atoms with Gasteiger partial charge in [0.1, 0.15) is 0 Å². The Morgan fingerprint density at radius 1 is 1.18 bits per heavy atom.